The number of imide groups is 1. The first kappa shape index (κ1) is 14.5. The molecule has 0 saturated carbocycles. The van der Waals surface area contributed by atoms with Gasteiger partial charge in [-0.2, -0.15) is 0 Å². The Kier molecular flexibility index (Phi) is 4.74. The number of likely N-dealkylation sites (N-methyl/N-ethyl adjacent to an activating group) is 1. The van der Waals surface area contributed by atoms with Crippen LogP contribution in [0.1, 0.15) is 18.9 Å². The molecule has 1 aromatic carbocycles. The number of carbonyl (C=O) groups is 2. The minimum absolute atomic E-state index is 0.0905. The number of benzene rings is 1. The second-order valence-electron chi connectivity index (χ2n) is 4.75. The Morgan fingerprint density at radius 3 is 2.75 bits per heavy atom. The summed E-state index contributed by atoms with van der Waals surface area (Å²) in [5.74, 6) is 0.642. The predicted molar refractivity (Wildman–Crippen MR) is 75.5 cm³/mol. The minimum atomic E-state index is -0.378. The largest absolute Gasteiger partial charge is 0.496 e. The first-order chi connectivity index (χ1) is 9.67. The van der Waals surface area contributed by atoms with Crippen LogP contribution in [-0.2, 0) is 16.0 Å². The molecule has 0 aromatic heterocycles. The summed E-state index contributed by atoms with van der Waals surface area (Å²) in [5.41, 5.74) is 1.09. The lowest BCUT2D eigenvalue weighted by molar-refractivity contribution is -0.138. The lowest BCUT2D eigenvalue weighted by atomic mass is 10.1. The van der Waals surface area contributed by atoms with Crippen molar-refractivity contribution in [1.82, 2.24) is 10.2 Å². The van der Waals surface area contributed by atoms with Crippen molar-refractivity contribution in [3.05, 3.63) is 29.8 Å². The SMILES string of the molecule is CCN1C(=O)CC(NCCc2ccccc2OC)C1=O. The lowest BCUT2D eigenvalue weighted by Crippen LogP contribution is -2.39. The fraction of sp³-hybridized carbons (Fsp3) is 0.467. The monoisotopic (exact) mass is 276 g/mol. The average molecular weight is 276 g/mol. The van der Waals surface area contributed by atoms with Crippen molar-refractivity contribution >= 4 is 11.8 Å². The Bertz CT molecular complexity index is 502. The van der Waals surface area contributed by atoms with Crippen LogP contribution in [0.4, 0.5) is 0 Å². The van der Waals surface area contributed by atoms with Gasteiger partial charge in [0.2, 0.25) is 11.8 Å². The molecule has 5 heteroatoms. The van der Waals surface area contributed by atoms with Crippen LogP contribution in [0.2, 0.25) is 0 Å². The minimum Gasteiger partial charge on any atom is -0.496 e. The highest BCUT2D eigenvalue weighted by Gasteiger charge is 2.36. The molecule has 1 heterocycles. The third-order valence-electron chi connectivity index (χ3n) is 3.54. The first-order valence-electron chi connectivity index (χ1n) is 6.86. The molecule has 1 aliphatic rings. The van der Waals surface area contributed by atoms with Crippen LogP contribution >= 0.6 is 0 Å². The zero-order chi connectivity index (χ0) is 14.5. The molecule has 1 aliphatic heterocycles. The van der Waals surface area contributed by atoms with Crippen LogP contribution < -0.4 is 10.1 Å². The number of para-hydroxylation sites is 1. The van der Waals surface area contributed by atoms with Crippen molar-refractivity contribution in [2.45, 2.75) is 25.8 Å². The van der Waals surface area contributed by atoms with E-state index >= 15 is 0 Å². The normalized spacial score (nSPS) is 18.7. The third kappa shape index (κ3) is 2.99. The van der Waals surface area contributed by atoms with Crippen molar-refractivity contribution in [1.29, 1.82) is 0 Å². The maximum atomic E-state index is 11.9. The smallest absolute Gasteiger partial charge is 0.246 e. The highest BCUT2D eigenvalue weighted by atomic mass is 16.5. The summed E-state index contributed by atoms with van der Waals surface area (Å²) in [6.45, 7) is 2.90. The molecule has 0 bridgehead atoms. The molecule has 2 amide bonds. The zero-order valence-corrected chi connectivity index (χ0v) is 11.9. The van der Waals surface area contributed by atoms with Crippen LogP contribution in [0.15, 0.2) is 24.3 Å². The molecule has 1 atom stereocenters. The summed E-state index contributed by atoms with van der Waals surface area (Å²) < 4.78 is 5.28. The molecular formula is C15H20N2O3. The van der Waals surface area contributed by atoms with Gasteiger partial charge in [0, 0.05) is 13.1 Å². The molecule has 0 aliphatic carbocycles. The zero-order valence-electron chi connectivity index (χ0n) is 11.9. The number of carbonyl (C=O) groups excluding carboxylic acids is 2. The summed E-state index contributed by atoms with van der Waals surface area (Å²) in [5, 5.41) is 3.16. The Morgan fingerprint density at radius 2 is 2.10 bits per heavy atom. The molecule has 1 saturated heterocycles. The molecular weight excluding hydrogens is 256 g/mol. The Labute approximate surface area is 118 Å². The number of nitrogens with one attached hydrogen (secondary N) is 1. The van der Waals surface area contributed by atoms with Crippen LogP contribution in [0.3, 0.4) is 0 Å². The van der Waals surface area contributed by atoms with Gasteiger partial charge in [0.15, 0.2) is 0 Å². The fourth-order valence-corrected chi connectivity index (χ4v) is 2.47. The molecule has 2 rings (SSSR count). The second-order valence-corrected chi connectivity index (χ2v) is 4.75. The van der Waals surface area contributed by atoms with Gasteiger partial charge in [-0.1, -0.05) is 18.2 Å². The first-order valence-corrected chi connectivity index (χ1v) is 6.86. The highest BCUT2D eigenvalue weighted by Crippen LogP contribution is 2.18. The molecule has 108 valence electrons. The fourth-order valence-electron chi connectivity index (χ4n) is 2.47. The Hall–Kier alpha value is -1.88. The molecule has 20 heavy (non-hydrogen) atoms. The number of hydrogen-bond acceptors (Lipinski definition) is 4. The van der Waals surface area contributed by atoms with Crippen molar-refractivity contribution in [3.63, 3.8) is 0 Å². The Morgan fingerprint density at radius 1 is 1.35 bits per heavy atom. The van der Waals surface area contributed by atoms with E-state index in [1.807, 2.05) is 31.2 Å². The van der Waals surface area contributed by atoms with E-state index in [9.17, 15) is 9.59 Å². The van der Waals surface area contributed by atoms with E-state index in [-0.39, 0.29) is 24.3 Å². The van der Waals surface area contributed by atoms with Gasteiger partial charge in [0.25, 0.3) is 0 Å². The van der Waals surface area contributed by atoms with Gasteiger partial charge in [-0.25, -0.2) is 0 Å². The van der Waals surface area contributed by atoms with E-state index in [1.54, 1.807) is 7.11 Å². The van der Waals surface area contributed by atoms with Gasteiger partial charge in [-0.05, 0) is 25.0 Å². The molecule has 0 radical (unpaired) electrons. The van der Waals surface area contributed by atoms with E-state index < -0.39 is 0 Å². The van der Waals surface area contributed by atoms with Gasteiger partial charge in [-0.15, -0.1) is 0 Å². The van der Waals surface area contributed by atoms with E-state index in [0.717, 1.165) is 17.7 Å². The summed E-state index contributed by atoms with van der Waals surface area (Å²) in [7, 11) is 1.64. The van der Waals surface area contributed by atoms with Gasteiger partial charge in [0.05, 0.1) is 19.6 Å². The van der Waals surface area contributed by atoms with Crippen LogP contribution in [0.5, 0.6) is 5.75 Å². The maximum absolute atomic E-state index is 11.9. The lowest BCUT2D eigenvalue weighted by Gasteiger charge is -2.13. The van der Waals surface area contributed by atoms with Gasteiger partial charge in [0.1, 0.15) is 5.75 Å². The maximum Gasteiger partial charge on any atom is 0.246 e. The molecule has 5 nitrogen and oxygen atoms in total. The highest BCUT2D eigenvalue weighted by molar-refractivity contribution is 6.05. The van der Waals surface area contributed by atoms with E-state index in [4.69, 9.17) is 4.74 Å². The summed E-state index contributed by atoms with van der Waals surface area (Å²) in [6, 6.07) is 7.42. The van der Waals surface area contributed by atoms with E-state index in [1.165, 1.54) is 4.90 Å². The van der Waals surface area contributed by atoms with Crippen molar-refractivity contribution < 1.29 is 14.3 Å². The van der Waals surface area contributed by atoms with Crippen LogP contribution in [0, 0.1) is 0 Å². The van der Waals surface area contributed by atoms with E-state index in [2.05, 4.69) is 5.32 Å². The average Bonchev–Trinajstić information content (AvgIpc) is 2.73. The molecule has 1 N–H and O–H groups in total. The van der Waals surface area contributed by atoms with Crippen molar-refractivity contribution in [3.8, 4) is 5.75 Å². The quantitative estimate of drug-likeness (QED) is 0.787. The molecule has 1 unspecified atom stereocenters. The van der Waals surface area contributed by atoms with Crippen LogP contribution in [0.25, 0.3) is 0 Å². The molecule has 1 fully saturated rings. The Balaban J connectivity index is 1.88. The summed E-state index contributed by atoms with van der Waals surface area (Å²) >= 11 is 0. The van der Waals surface area contributed by atoms with Crippen molar-refractivity contribution in [2.24, 2.45) is 0 Å². The molecule has 0 spiro atoms. The number of hydrogen-bond donors (Lipinski definition) is 1. The number of amides is 2. The standard InChI is InChI=1S/C15H20N2O3/c1-3-17-14(18)10-12(15(17)19)16-9-8-11-6-4-5-7-13(11)20-2/h4-7,12,16H,3,8-10H2,1-2H3. The predicted octanol–water partition coefficient (Wildman–Crippen LogP) is 0.975. The van der Waals surface area contributed by atoms with E-state index in [0.29, 0.717) is 13.1 Å². The second kappa shape index (κ2) is 6.52. The summed E-state index contributed by atoms with van der Waals surface area (Å²) in [4.78, 5) is 24.8. The van der Waals surface area contributed by atoms with Gasteiger partial charge in [-0.3, -0.25) is 14.5 Å². The number of ether oxygens (including phenoxy) is 1. The molecule has 1 aromatic rings. The van der Waals surface area contributed by atoms with Gasteiger partial charge < -0.3 is 10.1 Å². The number of likely N-dealkylation sites (tertiary alicyclic amines) is 1. The van der Waals surface area contributed by atoms with Crippen LogP contribution in [-0.4, -0.2) is 43.0 Å². The topological polar surface area (TPSA) is 58.6 Å². The van der Waals surface area contributed by atoms with Crippen molar-refractivity contribution in [2.75, 3.05) is 20.2 Å². The number of rotatable bonds is 6. The summed E-state index contributed by atoms with van der Waals surface area (Å²) in [6.07, 6.45) is 1.02. The number of nitrogens with zero attached hydrogens (tertiary/aromatic N) is 1. The van der Waals surface area contributed by atoms with Gasteiger partial charge >= 0.3 is 0 Å². The third-order valence-corrected chi connectivity index (χ3v) is 3.54. The number of methoxy groups -OCH3 is 1.